The minimum absolute atomic E-state index is 0.755. The van der Waals surface area contributed by atoms with Crippen molar-refractivity contribution < 1.29 is 0 Å². The summed E-state index contributed by atoms with van der Waals surface area (Å²) in [6.45, 7) is 0. The maximum atomic E-state index is 2.41. The van der Waals surface area contributed by atoms with Gasteiger partial charge in [0.05, 0.1) is 0 Å². The lowest BCUT2D eigenvalue weighted by Crippen LogP contribution is -2.50. The van der Waals surface area contributed by atoms with Gasteiger partial charge in [-0.05, 0) is 5.56 Å². The van der Waals surface area contributed by atoms with Crippen LogP contribution in [0.3, 0.4) is 0 Å². The van der Waals surface area contributed by atoms with Gasteiger partial charge in [0.15, 0.2) is 33.5 Å². The van der Waals surface area contributed by atoms with Crippen molar-refractivity contribution in [2.24, 2.45) is 0 Å². The molecular weight excluding hydrogens is 220 g/mol. The fourth-order valence-electron chi connectivity index (χ4n) is 3.40. The first-order chi connectivity index (χ1) is 7.43. The fraction of sp³-hybridized carbons (Fsp3) is 0.538. The Kier molecular flexibility index (Phi) is 1.92. The Labute approximate surface area is 97.2 Å². The first kappa shape index (κ1) is 9.00. The van der Waals surface area contributed by atoms with Crippen LogP contribution in [0.1, 0.15) is 16.4 Å². The Balaban J connectivity index is 1.83. The van der Waals surface area contributed by atoms with E-state index >= 15 is 0 Å². The summed E-state index contributed by atoms with van der Waals surface area (Å²) < 4.78 is 0. The summed E-state index contributed by atoms with van der Waals surface area (Å²) in [5.41, 5.74) is 3.43. The van der Waals surface area contributed by atoms with E-state index in [0.717, 1.165) is 32.3 Å². The molecule has 78 valence electrons. The number of hydrogen-bond donors (Lipinski definition) is 0. The van der Waals surface area contributed by atoms with Gasteiger partial charge in [-0.2, -0.15) is 0 Å². The Hall–Kier alpha value is -0.0800. The highest BCUT2D eigenvalue weighted by Gasteiger charge is 2.60. The van der Waals surface area contributed by atoms with E-state index < -0.39 is 0 Å². The zero-order valence-corrected chi connectivity index (χ0v) is 10.4. The minimum Gasteiger partial charge on any atom is -0.0620 e. The van der Waals surface area contributed by atoms with Gasteiger partial charge < -0.3 is 0 Å². The molecule has 0 nitrogen and oxygen atoms in total. The van der Waals surface area contributed by atoms with Gasteiger partial charge in [0.2, 0.25) is 0 Å². The van der Waals surface area contributed by atoms with Gasteiger partial charge in [-0.15, -0.1) is 0 Å². The summed E-state index contributed by atoms with van der Waals surface area (Å²) in [5.74, 6) is 6.24. The Morgan fingerprint density at radius 3 is 2.53 bits per heavy atom. The number of hydrogen-bond acceptors (Lipinski definition) is 0. The van der Waals surface area contributed by atoms with Gasteiger partial charge in [-0.1, -0.05) is 24.3 Å². The SMILES string of the molecule is c1ccc2c(c1)CC1C2[S+]2CC[S+]1CC2. The molecule has 3 heterocycles. The molecule has 2 unspecified atom stereocenters. The third-order valence-electron chi connectivity index (χ3n) is 4.12. The predicted molar refractivity (Wildman–Crippen MR) is 70.9 cm³/mol. The molecule has 0 radical (unpaired) electrons. The van der Waals surface area contributed by atoms with Crippen molar-refractivity contribution in [2.45, 2.75) is 16.9 Å². The van der Waals surface area contributed by atoms with Crippen LogP contribution in [0.25, 0.3) is 0 Å². The summed E-state index contributed by atoms with van der Waals surface area (Å²) in [4.78, 5) is 0. The third kappa shape index (κ3) is 1.18. The average molecular weight is 236 g/mol. The highest BCUT2D eigenvalue weighted by molar-refractivity contribution is 8.07. The first-order valence-electron chi connectivity index (χ1n) is 5.84. The molecule has 3 saturated heterocycles. The van der Waals surface area contributed by atoms with Crippen LogP contribution in [-0.2, 0) is 28.2 Å². The lowest BCUT2D eigenvalue weighted by atomic mass is 10.1. The van der Waals surface area contributed by atoms with E-state index in [0.29, 0.717) is 0 Å². The molecule has 3 fully saturated rings. The summed E-state index contributed by atoms with van der Waals surface area (Å²) in [7, 11) is 1.54. The predicted octanol–water partition coefficient (Wildman–Crippen LogP) is 1.92. The molecule has 5 rings (SSSR count). The van der Waals surface area contributed by atoms with Crippen LogP contribution in [0.2, 0.25) is 0 Å². The van der Waals surface area contributed by atoms with Gasteiger partial charge in [-0.3, -0.25) is 0 Å². The fourth-order valence-corrected chi connectivity index (χ4v) is 11.3. The van der Waals surface area contributed by atoms with Crippen LogP contribution in [-0.4, -0.2) is 28.3 Å². The quantitative estimate of drug-likeness (QED) is 0.604. The zero-order valence-electron chi connectivity index (χ0n) is 8.82. The largest absolute Gasteiger partial charge is 0.191 e. The standard InChI is InChI=1S/C13H16S2/c1-2-4-11-10(3-1)9-12-13(11)15-7-5-14(12)6-8-15/h1-4,12-13H,5-9H2/q+2. The molecule has 0 aromatic heterocycles. The van der Waals surface area contributed by atoms with Crippen LogP contribution in [0.4, 0.5) is 0 Å². The van der Waals surface area contributed by atoms with E-state index in [4.69, 9.17) is 0 Å². The maximum absolute atomic E-state index is 2.41. The van der Waals surface area contributed by atoms with Crippen molar-refractivity contribution in [3.05, 3.63) is 35.4 Å². The molecule has 1 aliphatic carbocycles. The molecule has 2 bridgehead atoms. The van der Waals surface area contributed by atoms with Crippen LogP contribution < -0.4 is 0 Å². The molecule has 15 heavy (non-hydrogen) atoms. The lowest BCUT2D eigenvalue weighted by molar-refractivity contribution is 0.868. The van der Waals surface area contributed by atoms with E-state index in [1.165, 1.54) is 6.42 Å². The minimum atomic E-state index is 0.755. The van der Waals surface area contributed by atoms with E-state index in [1.807, 2.05) is 0 Å². The van der Waals surface area contributed by atoms with Crippen molar-refractivity contribution in [1.29, 1.82) is 0 Å². The highest BCUT2D eigenvalue weighted by Crippen LogP contribution is 2.48. The molecule has 2 heteroatoms. The molecule has 0 amide bonds. The molecule has 0 spiro atoms. The van der Waals surface area contributed by atoms with Gasteiger partial charge in [0, 0.05) is 33.8 Å². The Morgan fingerprint density at radius 2 is 1.67 bits per heavy atom. The normalized spacial score (nSPS) is 41.3. The third-order valence-corrected chi connectivity index (χ3v) is 10.3. The average Bonchev–Trinajstić information content (AvgIpc) is 2.71. The summed E-state index contributed by atoms with van der Waals surface area (Å²) in [6, 6.07) is 9.27. The monoisotopic (exact) mass is 236 g/mol. The molecule has 2 atom stereocenters. The van der Waals surface area contributed by atoms with Crippen molar-refractivity contribution >= 4 is 21.8 Å². The van der Waals surface area contributed by atoms with E-state index in [9.17, 15) is 0 Å². The van der Waals surface area contributed by atoms with Crippen molar-refractivity contribution in [2.75, 3.05) is 23.0 Å². The molecule has 0 saturated carbocycles. The second-order valence-corrected chi connectivity index (χ2v) is 9.65. The molecule has 0 N–H and O–H groups in total. The number of fused-ring (bicyclic) bond motifs is 3. The van der Waals surface area contributed by atoms with Gasteiger partial charge in [0.25, 0.3) is 0 Å². The maximum Gasteiger partial charge on any atom is 0.191 e. The molecule has 1 aromatic rings. The van der Waals surface area contributed by atoms with Crippen molar-refractivity contribution in [1.82, 2.24) is 0 Å². The second kappa shape index (κ2) is 3.21. The molecule has 4 aliphatic rings. The van der Waals surface area contributed by atoms with Crippen LogP contribution in [0, 0.1) is 0 Å². The van der Waals surface area contributed by atoms with E-state index in [-0.39, 0.29) is 0 Å². The Morgan fingerprint density at radius 1 is 0.933 bits per heavy atom. The Bertz CT molecular complexity index is 393. The first-order valence-corrected chi connectivity index (χ1v) is 9.09. The van der Waals surface area contributed by atoms with Gasteiger partial charge >= 0.3 is 0 Å². The zero-order chi connectivity index (χ0) is 9.83. The van der Waals surface area contributed by atoms with Crippen LogP contribution in [0.15, 0.2) is 24.3 Å². The van der Waals surface area contributed by atoms with Gasteiger partial charge in [0.1, 0.15) is 0 Å². The molecular formula is C13H16S2+2. The second-order valence-electron chi connectivity index (χ2n) is 4.75. The summed E-state index contributed by atoms with van der Waals surface area (Å²) in [5, 5.41) is 2.06. The summed E-state index contributed by atoms with van der Waals surface area (Å²) >= 11 is 0. The van der Waals surface area contributed by atoms with E-state index in [1.54, 1.807) is 34.1 Å². The smallest absolute Gasteiger partial charge is 0.0620 e. The van der Waals surface area contributed by atoms with Crippen LogP contribution in [0.5, 0.6) is 0 Å². The number of rotatable bonds is 0. The molecule has 1 aromatic carbocycles. The summed E-state index contributed by atoms with van der Waals surface area (Å²) in [6.07, 6.45) is 1.41. The van der Waals surface area contributed by atoms with Crippen molar-refractivity contribution in [3.8, 4) is 0 Å². The van der Waals surface area contributed by atoms with Gasteiger partial charge in [-0.25, -0.2) is 0 Å². The molecule has 3 aliphatic heterocycles. The van der Waals surface area contributed by atoms with Crippen LogP contribution >= 0.6 is 0 Å². The lowest BCUT2D eigenvalue weighted by Gasteiger charge is -2.32. The van der Waals surface area contributed by atoms with E-state index in [2.05, 4.69) is 24.3 Å². The topological polar surface area (TPSA) is 0 Å². The number of benzene rings is 1. The van der Waals surface area contributed by atoms with Crippen molar-refractivity contribution in [3.63, 3.8) is 0 Å². The highest BCUT2D eigenvalue weighted by atomic mass is 32.2.